The highest BCUT2D eigenvalue weighted by Gasteiger charge is 2.18. The summed E-state index contributed by atoms with van der Waals surface area (Å²) in [6.45, 7) is 5.89. The molecule has 4 aromatic rings. The molecule has 0 fully saturated rings. The van der Waals surface area contributed by atoms with Crippen LogP contribution >= 0.6 is 11.6 Å². The summed E-state index contributed by atoms with van der Waals surface area (Å²) in [5.74, 6) is 1.78. The standard InChI is InChI=1S/C23H22ClN5O3/c1-13(2)21-27-23(32-28-21)17-6-4-5-14(3)20(17)25-18(30)11-12-19-26-22(29-31-19)15-7-9-16(24)10-8-15/h4-10,13H,11-12H2,1-3H3,(H,25,30). The van der Waals surface area contributed by atoms with Crippen LogP contribution in [0.5, 0.6) is 0 Å². The van der Waals surface area contributed by atoms with Crippen molar-refractivity contribution in [1.29, 1.82) is 0 Å². The van der Waals surface area contributed by atoms with Crippen molar-refractivity contribution in [3.8, 4) is 22.8 Å². The molecule has 2 aromatic heterocycles. The van der Waals surface area contributed by atoms with Crippen LogP contribution in [0.3, 0.4) is 0 Å². The summed E-state index contributed by atoms with van der Waals surface area (Å²) in [5, 5.41) is 11.6. The molecule has 0 spiro atoms. The number of aromatic nitrogens is 4. The molecular formula is C23H22ClN5O3. The van der Waals surface area contributed by atoms with Gasteiger partial charge in [0.1, 0.15) is 0 Å². The van der Waals surface area contributed by atoms with E-state index in [9.17, 15) is 4.79 Å². The predicted molar refractivity (Wildman–Crippen MR) is 120 cm³/mol. The van der Waals surface area contributed by atoms with Gasteiger partial charge in [0.05, 0.1) is 11.3 Å². The summed E-state index contributed by atoms with van der Waals surface area (Å²) < 4.78 is 10.7. The maximum absolute atomic E-state index is 12.7. The lowest BCUT2D eigenvalue weighted by atomic mass is 10.1. The molecule has 0 saturated carbocycles. The average molecular weight is 452 g/mol. The molecule has 1 amide bonds. The number of rotatable bonds is 7. The molecule has 0 atom stereocenters. The number of aryl methyl sites for hydroxylation is 2. The highest BCUT2D eigenvalue weighted by Crippen LogP contribution is 2.30. The third-order valence-corrected chi connectivity index (χ3v) is 5.11. The van der Waals surface area contributed by atoms with Gasteiger partial charge in [0.2, 0.25) is 17.6 Å². The Morgan fingerprint density at radius 2 is 1.84 bits per heavy atom. The van der Waals surface area contributed by atoms with E-state index in [2.05, 4.69) is 25.6 Å². The smallest absolute Gasteiger partial charge is 0.260 e. The van der Waals surface area contributed by atoms with E-state index in [1.807, 2.05) is 51.1 Å². The number of hydrogen-bond acceptors (Lipinski definition) is 7. The highest BCUT2D eigenvalue weighted by atomic mass is 35.5. The molecule has 164 valence electrons. The van der Waals surface area contributed by atoms with Crippen molar-refractivity contribution in [2.45, 2.75) is 39.5 Å². The van der Waals surface area contributed by atoms with E-state index in [1.54, 1.807) is 12.1 Å². The van der Waals surface area contributed by atoms with E-state index >= 15 is 0 Å². The summed E-state index contributed by atoms with van der Waals surface area (Å²) in [6, 6.07) is 12.8. The Labute approximate surface area is 190 Å². The number of hydrogen-bond donors (Lipinski definition) is 1. The van der Waals surface area contributed by atoms with Crippen LogP contribution in [0.2, 0.25) is 5.02 Å². The van der Waals surface area contributed by atoms with E-state index in [-0.39, 0.29) is 18.2 Å². The Bertz CT molecular complexity index is 1230. The molecule has 0 aliphatic rings. The topological polar surface area (TPSA) is 107 Å². The zero-order valence-electron chi connectivity index (χ0n) is 17.9. The minimum atomic E-state index is -0.185. The van der Waals surface area contributed by atoms with E-state index < -0.39 is 0 Å². The SMILES string of the molecule is Cc1cccc(-c2nc(C(C)C)no2)c1NC(=O)CCc1nc(-c2ccc(Cl)cc2)no1. The van der Waals surface area contributed by atoms with Crippen LogP contribution in [0.15, 0.2) is 51.5 Å². The Morgan fingerprint density at radius 3 is 2.56 bits per heavy atom. The molecule has 9 heteroatoms. The van der Waals surface area contributed by atoms with E-state index in [1.165, 1.54) is 0 Å². The van der Waals surface area contributed by atoms with Crippen LogP contribution in [-0.4, -0.2) is 26.2 Å². The Kier molecular flexibility index (Phi) is 6.32. The Balaban J connectivity index is 1.44. The summed E-state index contributed by atoms with van der Waals surface area (Å²) >= 11 is 5.91. The molecule has 0 aliphatic carbocycles. The minimum absolute atomic E-state index is 0.141. The largest absolute Gasteiger partial charge is 0.339 e. The van der Waals surface area contributed by atoms with Crippen molar-refractivity contribution >= 4 is 23.2 Å². The lowest BCUT2D eigenvalue weighted by Crippen LogP contribution is -2.14. The van der Waals surface area contributed by atoms with Gasteiger partial charge in [-0.3, -0.25) is 4.79 Å². The fraction of sp³-hybridized carbons (Fsp3) is 0.261. The number of nitrogens with zero attached hydrogens (tertiary/aromatic N) is 4. The van der Waals surface area contributed by atoms with E-state index in [0.29, 0.717) is 46.1 Å². The van der Waals surface area contributed by atoms with Gasteiger partial charge < -0.3 is 14.4 Å². The maximum Gasteiger partial charge on any atom is 0.260 e. The summed E-state index contributed by atoms with van der Waals surface area (Å²) in [5.41, 5.74) is 3.01. The van der Waals surface area contributed by atoms with Crippen molar-refractivity contribution in [3.63, 3.8) is 0 Å². The predicted octanol–water partition coefficient (Wildman–Crippen LogP) is 5.44. The van der Waals surface area contributed by atoms with Crippen LogP contribution < -0.4 is 5.32 Å². The quantitative estimate of drug-likeness (QED) is 0.398. The second kappa shape index (κ2) is 9.32. The van der Waals surface area contributed by atoms with Gasteiger partial charge in [0, 0.05) is 29.3 Å². The average Bonchev–Trinajstić information content (AvgIpc) is 3.44. The first-order valence-corrected chi connectivity index (χ1v) is 10.6. The third-order valence-electron chi connectivity index (χ3n) is 4.86. The highest BCUT2D eigenvalue weighted by molar-refractivity contribution is 6.30. The van der Waals surface area contributed by atoms with Crippen LogP contribution in [0.1, 0.15) is 43.5 Å². The first kappa shape index (κ1) is 21.7. The normalized spacial score (nSPS) is 11.2. The minimum Gasteiger partial charge on any atom is -0.339 e. The number of para-hydroxylation sites is 1. The monoisotopic (exact) mass is 451 g/mol. The van der Waals surface area contributed by atoms with Gasteiger partial charge >= 0.3 is 0 Å². The number of anilines is 1. The zero-order valence-corrected chi connectivity index (χ0v) is 18.7. The number of benzene rings is 2. The van der Waals surface area contributed by atoms with Crippen LogP contribution in [0.25, 0.3) is 22.8 Å². The molecule has 0 aliphatic heterocycles. The van der Waals surface area contributed by atoms with Gasteiger partial charge in [-0.2, -0.15) is 9.97 Å². The molecule has 0 saturated heterocycles. The van der Waals surface area contributed by atoms with Gasteiger partial charge in [-0.25, -0.2) is 0 Å². The first-order valence-electron chi connectivity index (χ1n) is 10.2. The number of halogens is 1. The van der Waals surface area contributed by atoms with Crippen LogP contribution in [-0.2, 0) is 11.2 Å². The molecule has 0 bridgehead atoms. The molecule has 2 heterocycles. The van der Waals surface area contributed by atoms with Crippen molar-refractivity contribution in [2.75, 3.05) is 5.32 Å². The zero-order chi connectivity index (χ0) is 22.7. The summed E-state index contributed by atoms with van der Waals surface area (Å²) in [6.07, 6.45) is 0.489. The molecule has 8 nitrogen and oxygen atoms in total. The van der Waals surface area contributed by atoms with E-state index in [4.69, 9.17) is 20.6 Å². The lowest BCUT2D eigenvalue weighted by Gasteiger charge is -2.11. The molecule has 0 radical (unpaired) electrons. The third kappa shape index (κ3) is 4.86. The first-order chi connectivity index (χ1) is 15.4. The molecular weight excluding hydrogens is 430 g/mol. The Morgan fingerprint density at radius 1 is 1.06 bits per heavy atom. The molecule has 2 aromatic carbocycles. The molecule has 1 N–H and O–H groups in total. The van der Waals surface area contributed by atoms with Crippen molar-refractivity contribution in [3.05, 3.63) is 64.8 Å². The molecule has 0 unspecified atom stereocenters. The second-order valence-corrected chi connectivity index (χ2v) is 8.11. The lowest BCUT2D eigenvalue weighted by molar-refractivity contribution is -0.116. The summed E-state index contributed by atoms with van der Waals surface area (Å²) in [7, 11) is 0. The van der Waals surface area contributed by atoms with Gasteiger partial charge in [0.25, 0.3) is 5.89 Å². The van der Waals surface area contributed by atoms with Crippen LogP contribution in [0, 0.1) is 6.92 Å². The van der Waals surface area contributed by atoms with E-state index in [0.717, 1.165) is 11.1 Å². The van der Waals surface area contributed by atoms with Crippen LogP contribution in [0.4, 0.5) is 5.69 Å². The fourth-order valence-corrected chi connectivity index (χ4v) is 3.21. The van der Waals surface area contributed by atoms with Crippen molar-refractivity contribution < 1.29 is 13.8 Å². The van der Waals surface area contributed by atoms with Gasteiger partial charge in [-0.05, 0) is 42.8 Å². The van der Waals surface area contributed by atoms with Crippen molar-refractivity contribution in [2.24, 2.45) is 0 Å². The van der Waals surface area contributed by atoms with Crippen molar-refractivity contribution in [1.82, 2.24) is 20.3 Å². The Hall–Kier alpha value is -3.52. The molecule has 32 heavy (non-hydrogen) atoms. The van der Waals surface area contributed by atoms with Gasteiger partial charge in [-0.1, -0.05) is 47.9 Å². The number of carbonyl (C=O) groups excluding carboxylic acids is 1. The fourth-order valence-electron chi connectivity index (χ4n) is 3.09. The molecule has 4 rings (SSSR count). The summed E-state index contributed by atoms with van der Waals surface area (Å²) in [4.78, 5) is 21.5. The van der Waals surface area contributed by atoms with Gasteiger partial charge in [0.15, 0.2) is 5.82 Å². The second-order valence-electron chi connectivity index (χ2n) is 7.68. The number of nitrogens with one attached hydrogen (secondary N) is 1. The van der Waals surface area contributed by atoms with Gasteiger partial charge in [-0.15, -0.1) is 0 Å². The number of amides is 1. The number of carbonyl (C=O) groups is 1. The maximum atomic E-state index is 12.7.